The Morgan fingerprint density at radius 1 is 0.960 bits per heavy atom. The molecule has 4 aromatic carbocycles. The van der Waals surface area contributed by atoms with Gasteiger partial charge in [-0.1, -0.05) is 66.7 Å². The van der Waals surface area contributed by atoms with Gasteiger partial charge in [0.15, 0.2) is 5.43 Å². The molecule has 0 bridgehead atoms. The highest BCUT2D eigenvalue weighted by molar-refractivity contribution is 8.07. The third-order valence-corrected chi connectivity index (χ3v) is 5.52. The molecule has 0 amide bonds. The number of benzene rings is 3. The van der Waals surface area contributed by atoms with E-state index in [1.54, 1.807) is 0 Å². The lowest BCUT2D eigenvalue weighted by Gasteiger charge is -2.11. The van der Waals surface area contributed by atoms with Gasteiger partial charge in [0, 0.05) is 20.9 Å². The van der Waals surface area contributed by atoms with Crippen LogP contribution in [0.25, 0.3) is 26.5 Å². The molecule has 120 valence electrons. The third kappa shape index (κ3) is 2.38. The minimum atomic E-state index is -0.445. The Balaban J connectivity index is 2.17. The maximum Gasteiger partial charge on any atom is 0.195 e. The van der Waals surface area contributed by atoms with Crippen LogP contribution in [-0.2, 0) is 0 Å². The average molecular weight is 341 g/mol. The summed E-state index contributed by atoms with van der Waals surface area (Å²) in [6.07, 6.45) is 1.94. The van der Waals surface area contributed by atoms with Crippen molar-refractivity contribution in [2.24, 2.45) is 0 Å². The van der Waals surface area contributed by atoms with Crippen LogP contribution < -0.4 is 10.6 Å². The van der Waals surface area contributed by atoms with E-state index in [1.807, 2.05) is 73.0 Å². The van der Waals surface area contributed by atoms with E-state index in [0.29, 0.717) is 5.22 Å². The smallest absolute Gasteiger partial charge is 0.195 e. The second kappa shape index (κ2) is 6.23. The van der Waals surface area contributed by atoms with Crippen molar-refractivity contribution < 1.29 is 0 Å². The Labute approximate surface area is 149 Å². The van der Waals surface area contributed by atoms with Gasteiger partial charge in [-0.25, -0.2) is 0 Å². The molecule has 4 rings (SSSR count). The summed E-state index contributed by atoms with van der Waals surface area (Å²) >= 11 is 1.49. The molecule has 0 N–H and O–H groups in total. The van der Waals surface area contributed by atoms with E-state index in [1.165, 1.54) is 11.8 Å². The predicted molar refractivity (Wildman–Crippen MR) is 106 cm³/mol. The Kier molecular flexibility index (Phi) is 3.91. The molecule has 0 saturated heterocycles. The SMILES string of the molecule is CS/C(=c1/c(=O)c2cccc3cccc1c32)C(C#N)c1ccccc1. The fraction of sp³-hybridized carbons (Fsp3) is 0.0909. The highest BCUT2D eigenvalue weighted by Gasteiger charge is 2.21. The van der Waals surface area contributed by atoms with Crippen molar-refractivity contribution in [3.05, 3.63) is 87.7 Å². The number of nitriles is 1. The van der Waals surface area contributed by atoms with E-state index in [0.717, 1.165) is 32.0 Å². The second-order valence-corrected chi connectivity index (χ2v) is 6.80. The van der Waals surface area contributed by atoms with Crippen molar-refractivity contribution in [1.29, 1.82) is 5.26 Å². The van der Waals surface area contributed by atoms with Gasteiger partial charge >= 0.3 is 0 Å². The first kappa shape index (κ1) is 15.7. The van der Waals surface area contributed by atoms with Crippen LogP contribution >= 0.6 is 11.8 Å². The van der Waals surface area contributed by atoms with Crippen LogP contribution in [0.15, 0.2) is 71.5 Å². The van der Waals surface area contributed by atoms with Gasteiger partial charge in [0.1, 0.15) is 5.92 Å². The summed E-state index contributed by atoms with van der Waals surface area (Å²) in [6.45, 7) is 0. The molecule has 0 fully saturated rings. The molecule has 0 aliphatic rings. The molecule has 1 unspecified atom stereocenters. The molecule has 0 radical (unpaired) electrons. The van der Waals surface area contributed by atoms with Gasteiger partial charge in [0.2, 0.25) is 0 Å². The van der Waals surface area contributed by atoms with Crippen LogP contribution in [0.3, 0.4) is 0 Å². The van der Waals surface area contributed by atoms with Crippen LogP contribution in [0, 0.1) is 11.3 Å². The predicted octanol–water partition coefficient (Wildman–Crippen LogP) is 4.29. The second-order valence-electron chi connectivity index (χ2n) is 5.95. The lowest BCUT2D eigenvalue weighted by molar-refractivity contribution is 1.13. The third-order valence-electron chi connectivity index (χ3n) is 4.64. The molecular weight excluding hydrogens is 326 g/mol. The van der Waals surface area contributed by atoms with E-state index < -0.39 is 5.92 Å². The lowest BCUT2D eigenvalue weighted by atomic mass is 9.98. The zero-order chi connectivity index (χ0) is 17.4. The van der Waals surface area contributed by atoms with Gasteiger partial charge in [0.25, 0.3) is 0 Å². The van der Waals surface area contributed by atoms with Crippen LogP contribution in [-0.4, -0.2) is 6.26 Å². The van der Waals surface area contributed by atoms with Crippen molar-refractivity contribution in [3.63, 3.8) is 0 Å². The molecule has 4 aromatic rings. The number of nitrogens with zero attached hydrogens (tertiary/aromatic N) is 1. The van der Waals surface area contributed by atoms with E-state index in [9.17, 15) is 10.1 Å². The molecule has 0 aliphatic heterocycles. The standard InChI is InChI=1S/C22H15NOS/c1-25-22(18(13-23)14-7-3-2-4-8-14)20-16-11-5-9-15-10-6-12-17(19(15)16)21(20)24/h2-12,18H,1H3/b22-20+. The number of hydrogen-bond acceptors (Lipinski definition) is 3. The van der Waals surface area contributed by atoms with Crippen molar-refractivity contribution >= 4 is 38.2 Å². The normalized spacial score (nSPS) is 13.8. The van der Waals surface area contributed by atoms with E-state index in [2.05, 4.69) is 6.07 Å². The Bertz CT molecular complexity index is 1200. The molecular formula is C22H15NOS. The fourth-order valence-electron chi connectivity index (χ4n) is 3.53. The lowest BCUT2D eigenvalue weighted by Crippen LogP contribution is -2.23. The largest absolute Gasteiger partial charge is 0.289 e. The number of rotatable bonds is 3. The summed E-state index contributed by atoms with van der Waals surface area (Å²) in [5, 5.41) is 14.2. The van der Waals surface area contributed by atoms with Crippen molar-refractivity contribution in [1.82, 2.24) is 0 Å². The Hall–Kier alpha value is -2.83. The van der Waals surface area contributed by atoms with Gasteiger partial charge in [0.05, 0.1) is 6.07 Å². The van der Waals surface area contributed by atoms with Gasteiger partial charge in [-0.05, 0) is 22.6 Å². The molecule has 2 nitrogen and oxygen atoms in total. The van der Waals surface area contributed by atoms with Crippen LogP contribution in [0.2, 0.25) is 0 Å². The molecule has 1 atom stereocenters. The summed E-state index contributed by atoms with van der Waals surface area (Å²) in [7, 11) is 0. The highest BCUT2D eigenvalue weighted by Crippen LogP contribution is 2.32. The molecule has 3 heteroatoms. The average Bonchev–Trinajstić information content (AvgIpc) is 2.95. The quantitative estimate of drug-likeness (QED) is 0.558. The van der Waals surface area contributed by atoms with Gasteiger partial charge in [-0.2, -0.15) is 5.26 Å². The van der Waals surface area contributed by atoms with Crippen molar-refractivity contribution in [3.8, 4) is 6.07 Å². The Morgan fingerprint density at radius 3 is 2.28 bits per heavy atom. The summed E-state index contributed by atoms with van der Waals surface area (Å²) in [6, 6.07) is 23.9. The molecule has 0 spiro atoms. The van der Waals surface area contributed by atoms with Gasteiger partial charge in [-0.3, -0.25) is 4.79 Å². The number of thioether (sulfide) groups is 1. The van der Waals surface area contributed by atoms with E-state index in [-0.39, 0.29) is 5.43 Å². The molecule has 25 heavy (non-hydrogen) atoms. The topological polar surface area (TPSA) is 40.9 Å². The first-order valence-corrected chi connectivity index (χ1v) is 9.28. The van der Waals surface area contributed by atoms with Crippen LogP contribution in [0.1, 0.15) is 11.5 Å². The maximum absolute atomic E-state index is 13.1. The van der Waals surface area contributed by atoms with Gasteiger partial charge < -0.3 is 0 Å². The van der Waals surface area contributed by atoms with E-state index in [4.69, 9.17) is 0 Å². The minimum Gasteiger partial charge on any atom is -0.289 e. The monoisotopic (exact) mass is 341 g/mol. The molecule has 0 saturated carbocycles. The minimum absolute atomic E-state index is 0.0207. The van der Waals surface area contributed by atoms with Crippen LogP contribution in [0.4, 0.5) is 0 Å². The summed E-state index contributed by atoms with van der Waals surface area (Å²) in [5.74, 6) is -0.445. The molecule has 0 aromatic heterocycles. The summed E-state index contributed by atoms with van der Waals surface area (Å²) in [5.41, 5.74) is 0.935. The van der Waals surface area contributed by atoms with Crippen molar-refractivity contribution in [2.45, 2.75) is 5.92 Å². The van der Waals surface area contributed by atoms with E-state index >= 15 is 0 Å². The zero-order valence-electron chi connectivity index (χ0n) is 13.7. The number of hydrogen-bond donors (Lipinski definition) is 0. The zero-order valence-corrected chi connectivity index (χ0v) is 14.5. The Morgan fingerprint density at radius 2 is 1.64 bits per heavy atom. The first-order chi connectivity index (χ1) is 12.3. The van der Waals surface area contributed by atoms with Crippen LogP contribution in [0.5, 0.6) is 0 Å². The highest BCUT2D eigenvalue weighted by atomic mass is 32.2. The molecule has 0 aliphatic carbocycles. The summed E-state index contributed by atoms with van der Waals surface area (Å²) < 4.78 is 0. The first-order valence-electron chi connectivity index (χ1n) is 8.05. The maximum atomic E-state index is 13.1. The van der Waals surface area contributed by atoms with Crippen molar-refractivity contribution in [2.75, 3.05) is 6.26 Å². The van der Waals surface area contributed by atoms with Gasteiger partial charge in [-0.15, -0.1) is 11.8 Å². The summed E-state index contributed by atoms with van der Waals surface area (Å²) in [4.78, 5) is 14.0. The fourth-order valence-corrected chi connectivity index (χ4v) is 4.37. The molecule has 0 heterocycles.